The van der Waals surface area contributed by atoms with Gasteiger partial charge < -0.3 is 4.74 Å². The maximum atomic E-state index is 14.2. The number of hydrogen-bond donors (Lipinski definition) is 0. The number of aromatic nitrogens is 2. The number of alkyl halides is 24. The highest BCUT2D eigenvalue weighted by Crippen LogP contribution is 2.46. The Kier molecular flexibility index (Phi) is 16.5. The second-order valence-electron chi connectivity index (χ2n) is 19.3. The lowest BCUT2D eigenvalue weighted by atomic mass is 9.12. The van der Waals surface area contributed by atoms with Crippen molar-refractivity contribution < 1.29 is 119 Å². The molecule has 9 rings (SSSR count). The number of benzene rings is 7. The molecule has 8 aromatic rings. The Labute approximate surface area is 467 Å². The van der Waals surface area contributed by atoms with Crippen molar-refractivity contribution in [2.45, 2.75) is 62.1 Å². The van der Waals surface area contributed by atoms with Crippen LogP contribution in [0.3, 0.4) is 0 Å². The van der Waals surface area contributed by atoms with Gasteiger partial charge in [0.05, 0.1) is 50.7 Å². The van der Waals surface area contributed by atoms with E-state index in [1.807, 2.05) is 71.3 Å². The molecule has 1 aliphatic rings. The van der Waals surface area contributed by atoms with Gasteiger partial charge in [0, 0.05) is 16.7 Å². The summed E-state index contributed by atoms with van der Waals surface area (Å²) in [6.45, 7) is 0.575. The van der Waals surface area contributed by atoms with Crippen molar-refractivity contribution >= 4 is 34.0 Å². The number of halogens is 24. The third-order valence-electron chi connectivity index (χ3n) is 13.7. The van der Waals surface area contributed by atoms with Gasteiger partial charge in [0.2, 0.25) is 0 Å². The van der Waals surface area contributed by atoms with Crippen molar-refractivity contribution in [3.63, 3.8) is 0 Å². The molecule has 1 aromatic heterocycles. The molecule has 0 N–H and O–H groups in total. The van der Waals surface area contributed by atoms with Crippen LogP contribution >= 0.6 is 0 Å². The first-order chi connectivity index (χ1) is 39.6. The van der Waals surface area contributed by atoms with Crippen LogP contribution in [-0.4, -0.2) is 17.1 Å². The quantitative estimate of drug-likeness (QED) is 0.0659. The molecular formula is C57H31BF24N2O2. The fourth-order valence-corrected chi connectivity index (χ4v) is 9.95. The van der Waals surface area contributed by atoms with E-state index >= 15 is 0 Å². The first kappa shape index (κ1) is 63.5. The minimum Gasteiger partial charge on any atom is -0.444 e. The molecule has 4 nitrogen and oxygen atoms in total. The van der Waals surface area contributed by atoms with E-state index in [9.17, 15) is 110 Å². The molecule has 29 heteroatoms. The second-order valence-corrected chi connectivity index (χ2v) is 19.3. The average Bonchev–Trinajstić information content (AvgIpc) is 0.862. The van der Waals surface area contributed by atoms with E-state index in [0.717, 1.165) is 27.8 Å². The van der Waals surface area contributed by atoms with Crippen LogP contribution in [0.25, 0.3) is 11.1 Å². The number of nitrogens with zero attached hydrogens (tertiary/aromatic N) is 2. The fourth-order valence-electron chi connectivity index (χ4n) is 9.95. The van der Waals surface area contributed by atoms with Crippen molar-refractivity contribution in [3.05, 3.63) is 237 Å². The Bertz CT molecular complexity index is 3340. The summed E-state index contributed by atoms with van der Waals surface area (Å²) in [5.41, 5.74) is -24.4. The second kappa shape index (κ2) is 22.4. The molecular weight excluding hydrogens is 1210 g/mol. The summed E-state index contributed by atoms with van der Waals surface area (Å²) in [6, 6.07) is 17.4. The Balaban J connectivity index is 0.000000274. The third-order valence-corrected chi connectivity index (χ3v) is 13.7. The highest BCUT2D eigenvalue weighted by Gasteiger charge is 2.47. The summed E-state index contributed by atoms with van der Waals surface area (Å²) in [6.07, 6.45) is -50.2. The van der Waals surface area contributed by atoms with Gasteiger partial charge in [0.15, 0.2) is 18.8 Å². The standard InChI is InChI=1S/C32H12BF24.C25H19N2O2/c34-25(35,36)13-1-14(26(37,38)39)6-21(5-13)33(22-7-15(27(40,41)42)2-16(8-22)28(43,44)45,23-9-17(29(46,47)48)3-18(10-23)30(49,50)51)24-11-19(31(52,53)54)4-20(12-24)32(55,56)57;28-25(23-16-26-14-15-27(23)17-18-8-2-1-3-9-18)29-24-21-12-6-4-10-19(21)20-11-5-7-13-22(20)24/h1-12H;1-16,24H,17H2/q-1;+1. The summed E-state index contributed by atoms with van der Waals surface area (Å²) >= 11 is 0. The number of hydrogen-bond acceptors (Lipinski definition) is 3. The monoisotopic (exact) mass is 1240 g/mol. The summed E-state index contributed by atoms with van der Waals surface area (Å²) < 4.78 is 349. The van der Waals surface area contributed by atoms with Gasteiger partial charge >= 0.3 is 61.1 Å². The zero-order chi connectivity index (χ0) is 63.5. The molecule has 0 spiro atoms. The van der Waals surface area contributed by atoms with Gasteiger partial charge in [-0.1, -0.05) is 127 Å². The first-order valence-electron chi connectivity index (χ1n) is 24.2. The molecule has 0 aliphatic heterocycles. The zero-order valence-corrected chi connectivity index (χ0v) is 42.3. The van der Waals surface area contributed by atoms with Gasteiger partial charge in [-0.05, 0) is 35.4 Å². The topological polar surface area (TPSA) is 43.1 Å². The Morgan fingerprint density at radius 2 is 0.674 bits per heavy atom. The molecule has 0 unspecified atom stereocenters. The Morgan fingerprint density at radius 1 is 0.395 bits per heavy atom. The first-order valence-corrected chi connectivity index (χ1v) is 24.2. The molecule has 0 bridgehead atoms. The summed E-state index contributed by atoms with van der Waals surface area (Å²) in [4.78, 5) is 17.3. The third kappa shape index (κ3) is 13.4. The van der Waals surface area contributed by atoms with Gasteiger partial charge in [-0.3, -0.25) is 4.98 Å². The summed E-state index contributed by atoms with van der Waals surface area (Å²) in [5.74, 6) is -0.384. The minimum absolute atomic E-state index is 0.384. The van der Waals surface area contributed by atoms with Crippen LogP contribution in [-0.2, 0) is 60.7 Å². The lowest BCUT2D eigenvalue weighted by Crippen LogP contribution is -2.75. The van der Waals surface area contributed by atoms with E-state index in [-0.39, 0.29) is 5.97 Å². The molecule has 0 saturated carbocycles. The van der Waals surface area contributed by atoms with Crippen LogP contribution in [0.4, 0.5) is 105 Å². The van der Waals surface area contributed by atoms with Gasteiger partial charge in [0.1, 0.15) is 12.3 Å². The van der Waals surface area contributed by atoms with Crippen LogP contribution < -0.4 is 26.4 Å². The number of ether oxygens (including phenoxy) is 1. The smallest absolute Gasteiger partial charge is 0.416 e. The van der Waals surface area contributed by atoms with E-state index in [2.05, 4.69) is 17.1 Å². The average molecular weight is 1240 g/mol. The maximum Gasteiger partial charge on any atom is 0.416 e. The summed E-state index contributed by atoms with van der Waals surface area (Å²) in [7, 11) is 0. The van der Waals surface area contributed by atoms with Crippen molar-refractivity contribution in [3.8, 4) is 11.1 Å². The molecule has 0 radical (unpaired) electrons. The van der Waals surface area contributed by atoms with Crippen LogP contribution in [0.1, 0.15) is 77.8 Å². The SMILES string of the molecule is FC(F)(F)c1cc([B-](c2cc(C(F)(F)F)cc(C(F)(F)F)c2)(c2cc(C(F)(F)F)cc(C(F)(F)F)c2)c2cc(C(F)(F)F)cc(C(F)(F)F)c2)cc(C(F)(F)F)c1.O=C(OC1c2ccccc2-c2ccccc21)c1cncc[n+]1Cc1ccccc1. The van der Waals surface area contributed by atoms with Gasteiger partial charge in [-0.2, -0.15) is 132 Å². The zero-order valence-electron chi connectivity index (χ0n) is 42.3. The van der Waals surface area contributed by atoms with Gasteiger partial charge in [0.25, 0.3) is 0 Å². The molecule has 1 heterocycles. The highest BCUT2D eigenvalue weighted by atomic mass is 19.4. The van der Waals surface area contributed by atoms with E-state index in [0.29, 0.717) is 12.2 Å². The maximum absolute atomic E-state index is 14.2. The van der Waals surface area contributed by atoms with Crippen LogP contribution in [0.15, 0.2) is 170 Å². The molecule has 0 amide bonds. The predicted molar refractivity (Wildman–Crippen MR) is 259 cm³/mol. The Morgan fingerprint density at radius 3 is 0.965 bits per heavy atom. The van der Waals surface area contributed by atoms with Crippen LogP contribution in [0, 0.1) is 0 Å². The minimum atomic E-state index is -6.13. The van der Waals surface area contributed by atoms with Gasteiger partial charge in [-0.25, -0.2) is 4.79 Å². The van der Waals surface area contributed by atoms with Crippen molar-refractivity contribution in [2.75, 3.05) is 0 Å². The molecule has 7 aromatic carbocycles. The predicted octanol–water partition coefficient (Wildman–Crippen LogP) is 15.6. The van der Waals surface area contributed by atoms with E-state index < -0.39 is 201 Å². The number of carbonyl (C=O) groups excluding carboxylic acids is 1. The molecule has 86 heavy (non-hydrogen) atoms. The highest BCUT2D eigenvalue weighted by molar-refractivity contribution is 7.20. The number of esters is 1. The van der Waals surface area contributed by atoms with E-state index in [4.69, 9.17) is 4.74 Å². The largest absolute Gasteiger partial charge is 0.444 e. The molecule has 0 saturated heterocycles. The van der Waals surface area contributed by atoms with Crippen LogP contribution in [0.5, 0.6) is 0 Å². The lowest BCUT2D eigenvalue weighted by molar-refractivity contribution is -0.691. The lowest BCUT2D eigenvalue weighted by Gasteiger charge is -2.46. The van der Waals surface area contributed by atoms with Crippen molar-refractivity contribution in [1.29, 1.82) is 0 Å². The molecule has 0 atom stereocenters. The number of rotatable bonds is 8. The number of carbonyl (C=O) groups is 1. The Hall–Kier alpha value is -8.53. The van der Waals surface area contributed by atoms with Crippen molar-refractivity contribution in [1.82, 2.24) is 4.98 Å². The van der Waals surface area contributed by atoms with Crippen LogP contribution in [0.2, 0.25) is 0 Å². The van der Waals surface area contributed by atoms with Gasteiger partial charge in [-0.15, -0.1) is 0 Å². The fraction of sp³-hybridized carbons (Fsp3) is 0.175. The normalized spacial score (nSPS) is 13.6. The summed E-state index contributed by atoms with van der Waals surface area (Å²) in [5, 5.41) is 0. The molecule has 1 aliphatic carbocycles. The van der Waals surface area contributed by atoms with E-state index in [1.165, 1.54) is 0 Å². The number of fused-ring (bicyclic) bond motifs is 3. The van der Waals surface area contributed by atoms with E-state index in [1.54, 1.807) is 18.6 Å². The van der Waals surface area contributed by atoms with Crippen molar-refractivity contribution in [2.24, 2.45) is 0 Å². The molecule has 0 fully saturated rings. The molecule has 452 valence electrons.